The number of amides is 1. The number of nitrogens with zero attached hydrogens (tertiary/aromatic N) is 2. The lowest BCUT2D eigenvalue weighted by molar-refractivity contribution is -0.127. The number of carbonyl (C=O) groups excluding carboxylic acids is 1. The molecule has 0 radical (unpaired) electrons. The van der Waals surface area contributed by atoms with E-state index in [0.717, 1.165) is 16.9 Å². The van der Waals surface area contributed by atoms with Gasteiger partial charge >= 0.3 is 0 Å². The Labute approximate surface area is 156 Å². The molecule has 0 aliphatic heterocycles. The SMILES string of the molecule is C=C(C)CNC(=NCC(=O)N(C)C)NCCOCc1ccc(OC)cc1. The van der Waals surface area contributed by atoms with E-state index in [4.69, 9.17) is 9.47 Å². The molecule has 0 saturated heterocycles. The zero-order valence-corrected chi connectivity index (χ0v) is 16.2. The molecule has 7 heteroatoms. The summed E-state index contributed by atoms with van der Waals surface area (Å²) in [7, 11) is 5.06. The summed E-state index contributed by atoms with van der Waals surface area (Å²) < 4.78 is 10.8. The molecule has 0 aliphatic carbocycles. The van der Waals surface area contributed by atoms with Crippen molar-refractivity contribution in [1.29, 1.82) is 0 Å². The minimum Gasteiger partial charge on any atom is -0.497 e. The van der Waals surface area contributed by atoms with Gasteiger partial charge in [-0.25, -0.2) is 4.99 Å². The number of guanidine groups is 1. The maximum absolute atomic E-state index is 11.7. The van der Waals surface area contributed by atoms with E-state index in [-0.39, 0.29) is 12.5 Å². The predicted octanol–water partition coefficient (Wildman–Crippen LogP) is 1.41. The van der Waals surface area contributed by atoms with Crippen LogP contribution in [0.25, 0.3) is 0 Å². The predicted molar refractivity (Wildman–Crippen MR) is 104 cm³/mol. The number of ether oxygens (including phenoxy) is 2. The van der Waals surface area contributed by atoms with Gasteiger partial charge in [0.05, 0.1) is 20.3 Å². The van der Waals surface area contributed by atoms with Gasteiger partial charge in [-0.05, 0) is 24.6 Å². The number of nitrogens with one attached hydrogen (secondary N) is 2. The number of hydrogen-bond donors (Lipinski definition) is 2. The maximum Gasteiger partial charge on any atom is 0.243 e. The van der Waals surface area contributed by atoms with Gasteiger partial charge in [0.2, 0.25) is 5.91 Å². The molecule has 0 heterocycles. The summed E-state index contributed by atoms with van der Waals surface area (Å²) >= 11 is 0. The van der Waals surface area contributed by atoms with E-state index >= 15 is 0 Å². The van der Waals surface area contributed by atoms with Crippen molar-refractivity contribution in [3.05, 3.63) is 42.0 Å². The van der Waals surface area contributed by atoms with E-state index in [9.17, 15) is 4.79 Å². The van der Waals surface area contributed by atoms with Gasteiger partial charge in [0.1, 0.15) is 12.3 Å². The highest BCUT2D eigenvalue weighted by Gasteiger charge is 2.04. The second-order valence-electron chi connectivity index (χ2n) is 6.09. The molecule has 1 aromatic carbocycles. The molecule has 0 unspecified atom stereocenters. The van der Waals surface area contributed by atoms with Crippen LogP contribution >= 0.6 is 0 Å². The molecule has 0 saturated carbocycles. The molecular formula is C19H30N4O3. The quantitative estimate of drug-likeness (QED) is 0.285. The number of rotatable bonds is 10. The van der Waals surface area contributed by atoms with Crippen LogP contribution in [0.3, 0.4) is 0 Å². The molecule has 0 atom stereocenters. The Morgan fingerprint density at radius 1 is 1.23 bits per heavy atom. The van der Waals surface area contributed by atoms with Crippen LogP contribution in [0.4, 0.5) is 0 Å². The van der Waals surface area contributed by atoms with Gasteiger partial charge in [-0.15, -0.1) is 0 Å². The largest absolute Gasteiger partial charge is 0.497 e. The van der Waals surface area contributed by atoms with Gasteiger partial charge < -0.3 is 25.0 Å². The first-order chi connectivity index (χ1) is 12.4. The fourth-order valence-electron chi connectivity index (χ4n) is 1.85. The minimum atomic E-state index is -0.0582. The Kier molecular flexibility index (Phi) is 9.86. The number of hydrogen-bond acceptors (Lipinski definition) is 4. The van der Waals surface area contributed by atoms with Crippen molar-refractivity contribution in [2.24, 2.45) is 4.99 Å². The molecule has 144 valence electrons. The van der Waals surface area contributed by atoms with Crippen LogP contribution in [0.2, 0.25) is 0 Å². The fraction of sp³-hybridized carbons (Fsp3) is 0.474. The zero-order chi connectivity index (χ0) is 19.4. The van der Waals surface area contributed by atoms with Crippen LogP contribution in [0.5, 0.6) is 5.75 Å². The van der Waals surface area contributed by atoms with Crippen molar-refractivity contribution in [3.8, 4) is 5.75 Å². The number of methoxy groups -OCH3 is 1. The van der Waals surface area contributed by atoms with Crippen LogP contribution in [-0.4, -0.2) is 64.2 Å². The Balaban J connectivity index is 2.38. The van der Waals surface area contributed by atoms with Crippen LogP contribution in [0.15, 0.2) is 41.4 Å². The summed E-state index contributed by atoms with van der Waals surface area (Å²) in [6, 6.07) is 7.76. The van der Waals surface area contributed by atoms with E-state index in [1.807, 2.05) is 31.2 Å². The minimum absolute atomic E-state index is 0.0582. The topological polar surface area (TPSA) is 75.2 Å². The van der Waals surface area contributed by atoms with Crippen LogP contribution in [0, 0.1) is 0 Å². The Morgan fingerprint density at radius 2 is 1.92 bits per heavy atom. The first-order valence-electron chi connectivity index (χ1n) is 8.49. The molecule has 1 rings (SSSR count). The second kappa shape index (κ2) is 11.9. The number of carbonyl (C=O) groups is 1. The maximum atomic E-state index is 11.7. The van der Waals surface area contributed by atoms with Crippen molar-refractivity contribution in [1.82, 2.24) is 15.5 Å². The van der Waals surface area contributed by atoms with E-state index < -0.39 is 0 Å². The molecule has 7 nitrogen and oxygen atoms in total. The summed E-state index contributed by atoms with van der Waals surface area (Å²) in [6.07, 6.45) is 0. The monoisotopic (exact) mass is 362 g/mol. The highest BCUT2D eigenvalue weighted by atomic mass is 16.5. The number of likely N-dealkylation sites (N-methyl/N-ethyl adjacent to an activating group) is 1. The third-order valence-electron chi connectivity index (χ3n) is 3.40. The van der Waals surface area contributed by atoms with E-state index in [1.54, 1.807) is 21.2 Å². The number of aliphatic imine (C=N–C) groups is 1. The van der Waals surface area contributed by atoms with Crippen LogP contribution in [0.1, 0.15) is 12.5 Å². The lowest BCUT2D eigenvalue weighted by Gasteiger charge is -2.14. The Hall–Kier alpha value is -2.54. The van der Waals surface area contributed by atoms with E-state index in [0.29, 0.717) is 32.3 Å². The van der Waals surface area contributed by atoms with Crippen molar-refractivity contribution in [3.63, 3.8) is 0 Å². The second-order valence-corrected chi connectivity index (χ2v) is 6.09. The van der Waals surface area contributed by atoms with Crippen molar-refractivity contribution in [2.75, 3.05) is 47.4 Å². The summed E-state index contributed by atoms with van der Waals surface area (Å²) in [5.41, 5.74) is 2.06. The van der Waals surface area contributed by atoms with Gasteiger partial charge in [0, 0.05) is 27.2 Å². The molecule has 0 aromatic heterocycles. The molecule has 0 fully saturated rings. The van der Waals surface area contributed by atoms with Crippen molar-refractivity contribution < 1.29 is 14.3 Å². The summed E-state index contributed by atoms with van der Waals surface area (Å²) in [5.74, 6) is 1.33. The van der Waals surface area contributed by atoms with Crippen molar-refractivity contribution in [2.45, 2.75) is 13.5 Å². The molecule has 0 spiro atoms. The van der Waals surface area contributed by atoms with Crippen molar-refractivity contribution >= 4 is 11.9 Å². The summed E-state index contributed by atoms with van der Waals surface area (Å²) in [5, 5.41) is 6.29. The standard InChI is InChI=1S/C19H30N4O3/c1-15(2)12-21-19(22-13-18(24)23(3)4)20-10-11-26-14-16-6-8-17(25-5)9-7-16/h6-9H,1,10-14H2,2-5H3,(H2,20,21,22). The summed E-state index contributed by atoms with van der Waals surface area (Å²) in [4.78, 5) is 17.5. The Morgan fingerprint density at radius 3 is 2.50 bits per heavy atom. The average Bonchev–Trinajstić information content (AvgIpc) is 2.62. The number of benzene rings is 1. The molecule has 2 N–H and O–H groups in total. The van der Waals surface area contributed by atoms with Gasteiger partial charge in [0.25, 0.3) is 0 Å². The molecule has 1 amide bonds. The highest BCUT2D eigenvalue weighted by Crippen LogP contribution is 2.11. The molecular weight excluding hydrogens is 332 g/mol. The third kappa shape index (κ3) is 9.08. The van der Waals surface area contributed by atoms with E-state index in [1.165, 1.54) is 4.90 Å². The van der Waals surface area contributed by atoms with Crippen LogP contribution in [-0.2, 0) is 16.1 Å². The first-order valence-corrected chi connectivity index (χ1v) is 8.49. The average molecular weight is 362 g/mol. The molecule has 0 aliphatic rings. The third-order valence-corrected chi connectivity index (χ3v) is 3.40. The lowest BCUT2D eigenvalue weighted by atomic mass is 10.2. The highest BCUT2D eigenvalue weighted by molar-refractivity contribution is 5.84. The molecule has 0 bridgehead atoms. The van der Waals surface area contributed by atoms with Gasteiger partial charge in [0.15, 0.2) is 5.96 Å². The first kappa shape index (κ1) is 21.5. The molecule has 1 aromatic rings. The van der Waals surface area contributed by atoms with Crippen LogP contribution < -0.4 is 15.4 Å². The van der Waals surface area contributed by atoms with E-state index in [2.05, 4.69) is 22.2 Å². The lowest BCUT2D eigenvalue weighted by Crippen LogP contribution is -2.40. The molecule has 26 heavy (non-hydrogen) atoms. The fourth-order valence-corrected chi connectivity index (χ4v) is 1.85. The summed E-state index contributed by atoms with van der Waals surface area (Å²) in [6.45, 7) is 8.07. The smallest absolute Gasteiger partial charge is 0.243 e. The zero-order valence-electron chi connectivity index (χ0n) is 16.2. The Bertz CT molecular complexity index is 597. The normalized spacial score (nSPS) is 11.0. The van der Waals surface area contributed by atoms with Gasteiger partial charge in [-0.1, -0.05) is 24.3 Å². The van der Waals surface area contributed by atoms with Gasteiger partial charge in [-0.3, -0.25) is 4.79 Å². The van der Waals surface area contributed by atoms with Gasteiger partial charge in [-0.2, -0.15) is 0 Å².